The molecule has 1 aliphatic heterocycles. The topological polar surface area (TPSA) is 191 Å². The Morgan fingerprint density at radius 3 is 2.67 bits per heavy atom. The van der Waals surface area contributed by atoms with E-state index in [4.69, 9.17) is 16.2 Å². The Balaban J connectivity index is 2.51. The third kappa shape index (κ3) is 4.00. The van der Waals surface area contributed by atoms with Crippen LogP contribution >= 0.6 is 15.9 Å². The molecule has 12 heteroatoms. The Hall–Kier alpha value is -1.96. The van der Waals surface area contributed by atoms with Crippen LogP contribution in [0.4, 0.5) is 0 Å². The van der Waals surface area contributed by atoms with Crippen LogP contribution in [0.3, 0.4) is 0 Å². The van der Waals surface area contributed by atoms with E-state index in [2.05, 4.69) is 20.9 Å². The summed E-state index contributed by atoms with van der Waals surface area (Å²) in [6, 6.07) is 0. The van der Waals surface area contributed by atoms with E-state index >= 15 is 0 Å². The van der Waals surface area contributed by atoms with E-state index in [1.807, 2.05) is 0 Å². The number of H-pyrrole nitrogens is 1. The zero-order valence-corrected chi connectivity index (χ0v) is 15.6. The van der Waals surface area contributed by atoms with Crippen LogP contribution < -0.4 is 22.7 Å². The van der Waals surface area contributed by atoms with Crippen molar-refractivity contribution in [3.05, 3.63) is 37.6 Å². The minimum Gasteiger partial charge on any atom is -0.382 e. The summed E-state index contributed by atoms with van der Waals surface area (Å²) in [5, 5.41) is 20.9. The van der Waals surface area contributed by atoms with Gasteiger partial charge in [-0.2, -0.15) is 0 Å². The first-order chi connectivity index (χ1) is 12.7. The maximum Gasteiger partial charge on any atom is 0.330 e. The van der Waals surface area contributed by atoms with Gasteiger partial charge in [-0.1, -0.05) is 15.9 Å². The molecule has 4 atom stereocenters. The Bertz CT molecular complexity index is 880. The van der Waals surface area contributed by atoms with Crippen LogP contribution in [0, 0.1) is 0 Å². The van der Waals surface area contributed by atoms with Gasteiger partial charge >= 0.3 is 5.69 Å². The summed E-state index contributed by atoms with van der Waals surface area (Å²) in [6.45, 7) is -1.12. The molecule has 11 nitrogen and oxygen atoms in total. The van der Waals surface area contributed by atoms with Gasteiger partial charge in [-0.25, -0.2) is 4.79 Å². The van der Waals surface area contributed by atoms with Crippen molar-refractivity contribution in [3.8, 4) is 0 Å². The summed E-state index contributed by atoms with van der Waals surface area (Å²) < 4.78 is 6.42. The van der Waals surface area contributed by atoms with E-state index in [1.54, 1.807) is 0 Å². The zero-order valence-electron chi connectivity index (χ0n) is 14.0. The third-order valence-corrected chi connectivity index (χ3v) is 4.56. The lowest BCUT2D eigenvalue weighted by Crippen LogP contribution is -2.56. The maximum atomic E-state index is 12.2. The highest BCUT2D eigenvalue weighted by Crippen LogP contribution is 2.38. The SMILES string of the molecule is NCC(=O)C(O)[C@H]1O[C@@H](n2cc(/C=C/Br)c(=O)[nH]c2=O)C[C@@]1(O)C(=O)CN. The highest BCUT2D eigenvalue weighted by atomic mass is 79.9. The molecule has 0 spiro atoms. The van der Waals surface area contributed by atoms with Crippen LogP contribution in [0.1, 0.15) is 18.2 Å². The van der Waals surface area contributed by atoms with Crippen molar-refractivity contribution < 1.29 is 24.5 Å². The molecule has 7 N–H and O–H groups in total. The van der Waals surface area contributed by atoms with Crippen molar-refractivity contribution in [3.63, 3.8) is 0 Å². The molecule has 148 valence electrons. The molecular formula is C15H19BrN4O7. The van der Waals surface area contributed by atoms with Crippen molar-refractivity contribution in [2.45, 2.75) is 30.5 Å². The summed E-state index contributed by atoms with van der Waals surface area (Å²) in [5.41, 5.74) is 6.79. The molecule has 0 aromatic carbocycles. The van der Waals surface area contributed by atoms with E-state index in [0.717, 1.165) is 10.8 Å². The summed E-state index contributed by atoms with van der Waals surface area (Å²) in [4.78, 5) is 51.3. The summed E-state index contributed by atoms with van der Waals surface area (Å²) in [5.74, 6) is -1.74. The second-order valence-corrected chi connectivity index (χ2v) is 6.45. The second kappa shape index (κ2) is 8.37. The monoisotopic (exact) mass is 446 g/mol. The summed E-state index contributed by atoms with van der Waals surface area (Å²) in [7, 11) is 0. The smallest absolute Gasteiger partial charge is 0.330 e. The lowest BCUT2D eigenvalue weighted by molar-refractivity contribution is -0.159. The fourth-order valence-corrected chi connectivity index (χ4v) is 3.14. The first kappa shape index (κ1) is 21.3. The van der Waals surface area contributed by atoms with E-state index in [-0.39, 0.29) is 5.56 Å². The number of ketones is 2. The van der Waals surface area contributed by atoms with Crippen LogP contribution in [0.25, 0.3) is 6.08 Å². The van der Waals surface area contributed by atoms with Crippen molar-refractivity contribution in [2.75, 3.05) is 13.1 Å². The van der Waals surface area contributed by atoms with Crippen molar-refractivity contribution >= 4 is 33.6 Å². The minimum absolute atomic E-state index is 0.0887. The van der Waals surface area contributed by atoms with E-state index in [1.165, 1.54) is 11.1 Å². The van der Waals surface area contributed by atoms with Crippen LogP contribution in [-0.2, 0) is 14.3 Å². The van der Waals surface area contributed by atoms with Gasteiger partial charge in [0.1, 0.15) is 18.4 Å². The Morgan fingerprint density at radius 1 is 1.44 bits per heavy atom. The lowest BCUT2D eigenvalue weighted by atomic mass is 9.85. The average Bonchev–Trinajstić information content (AvgIpc) is 3.00. The quantitative estimate of drug-likeness (QED) is 0.297. The molecule has 27 heavy (non-hydrogen) atoms. The number of rotatable bonds is 7. The Labute approximate surface area is 160 Å². The molecule has 0 aliphatic carbocycles. The predicted octanol–water partition coefficient (Wildman–Crippen LogP) is -2.66. The fraction of sp³-hybridized carbons (Fsp3) is 0.467. The Kier molecular flexibility index (Phi) is 6.62. The Morgan fingerprint density at radius 2 is 2.11 bits per heavy atom. The second-order valence-electron chi connectivity index (χ2n) is 5.93. The van der Waals surface area contributed by atoms with Crippen LogP contribution in [0.2, 0.25) is 0 Å². The number of aliphatic hydroxyl groups excluding tert-OH is 1. The molecule has 2 heterocycles. The third-order valence-electron chi connectivity index (χ3n) is 4.29. The number of ether oxygens (including phenoxy) is 1. The van der Waals surface area contributed by atoms with Crippen molar-refractivity contribution in [2.24, 2.45) is 11.5 Å². The van der Waals surface area contributed by atoms with Gasteiger partial charge in [0.25, 0.3) is 5.56 Å². The maximum absolute atomic E-state index is 12.2. The number of nitrogens with two attached hydrogens (primary N) is 2. The normalized spacial score (nSPS) is 26.4. The highest BCUT2D eigenvalue weighted by molar-refractivity contribution is 9.11. The molecule has 0 amide bonds. The summed E-state index contributed by atoms with van der Waals surface area (Å²) >= 11 is 3.01. The van der Waals surface area contributed by atoms with E-state index in [9.17, 15) is 29.4 Å². The standard InChI is InChI=1S/C15H19BrN4O7/c16-2-1-7-6-20(14(25)19-13(7)24)10-3-15(26,9(22)5-18)12(27-10)11(23)8(21)4-17/h1-2,6,10-12,23,26H,3-5,17-18H2,(H,19,24,25)/b2-1+/t10-,11?,12-,15-/m1/s1. The van der Waals surface area contributed by atoms with Crippen molar-refractivity contribution in [1.29, 1.82) is 0 Å². The zero-order chi connectivity index (χ0) is 20.4. The number of carbonyl (C=O) groups is 2. The lowest BCUT2D eigenvalue weighted by Gasteiger charge is -2.28. The molecule has 0 bridgehead atoms. The molecule has 0 radical (unpaired) electrons. The molecule has 1 fully saturated rings. The molecule has 1 aromatic heterocycles. The largest absolute Gasteiger partial charge is 0.382 e. The van der Waals surface area contributed by atoms with Gasteiger partial charge in [-0.15, -0.1) is 0 Å². The molecule has 2 rings (SSSR count). The number of aromatic amines is 1. The number of hydrogen-bond donors (Lipinski definition) is 5. The van der Waals surface area contributed by atoms with E-state index in [0.29, 0.717) is 0 Å². The van der Waals surface area contributed by atoms with Gasteiger partial charge in [0.15, 0.2) is 17.2 Å². The van der Waals surface area contributed by atoms with Gasteiger partial charge < -0.3 is 26.4 Å². The van der Waals surface area contributed by atoms with Gasteiger partial charge in [0.05, 0.1) is 18.7 Å². The molecule has 1 aliphatic rings. The first-order valence-corrected chi connectivity index (χ1v) is 8.75. The van der Waals surface area contributed by atoms with Gasteiger partial charge in [0, 0.05) is 12.6 Å². The van der Waals surface area contributed by atoms with Crippen LogP contribution in [-0.4, -0.2) is 62.2 Å². The number of hydrogen-bond acceptors (Lipinski definition) is 9. The molecule has 1 unspecified atom stereocenters. The predicted molar refractivity (Wildman–Crippen MR) is 96.9 cm³/mol. The number of aromatic nitrogens is 2. The number of carbonyl (C=O) groups excluding carboxylic acids is 2. The summed E-state index contributed by atoms with van der Waals surface area (Å²) in [6.07, 6.45) is -2.76. The molecule has 1 aromatic rings. The van der Waals surface area contributed by atoms with Gasteiger partial charge in [-0.05, 0) is 11.1 Å². The molecule has 0 saturated carbocycles. The number of nitrogens with one attached hydrogen (secondary N) is 1. The minimum atomic E-state index is -2.31. The molecular weight excluding hydrogens is 428 g/mol. The molecule has 1 saturated heterocycles. The van der Waals surface area contributed by atoms with Crippen molar-refractivity contribution in [1.82, 2.24) is 9.55 Å². The van der Waals surface area contributed by atoms with Gasteiger partial charge in [0.2, 0.25) is 0 Å². The van der Waals surface area contributed by atoms with Gasteiger partial charge in [-0.3, -0.25) is 23.9 Å². The average molecular weight is 447 g/mol. The van der Waals surface area contributed by atoms with E-state index < -0.39 is 66.4 Å². The number of Topliss-reactive ketones (excluding diaryl/α,β-unsaturated/α-hetero) is 2. The number of nitrogens with zero attached hydrogens (tertiary/aromatic N) is 1. The fourth-order valence-electron chi connectivity index (χ4n) is 2.85. The number of aliphatic hydroxyl groups is 2. The van der Waals surface area contributed by atoms with Crippen LogP contribution in [0.15, 0.2) is 20.8 Å². The first-order valence-electron chi connectivity index (χ1n) is 7.83. The highest BCUT2D eigenvalue weighted by Gasteiger charge is 2.56. The van der Waals surface area contributed by atoms with Crippen LogP contribution in [0.5, 0.6) is 0 Å². The number of halogens is 1.